The fourth-order valence-electron chi connectivity index (χ4n) is 6.34. The maximum Gasteiger partial charge on any atom is 0.229 e. The Kier molecular flexibility index (Phi) is 8.03. The maximum atomic E-state index is 15.2. The highest BCUT2D eigenvalue weighted by molar-refractivity contribution is 6.01. The number of halogens is 2. The summed E-state index contributed by atoms with van der Waals surface area (Å²) in [7, 11) is 0. The van der Waals surface area contributed by atoms with Crippen LogP contribution in [0.2, 0.25) is 0 Å². The monoisotopic (exact) mass is 532 g/mol. The fraction of sp³-hybridized carbons (Fsp3) is 0.484. The van der Waals surface area contributed by atoms with E-state index in [1.165, 1.54) is 11.6 Å². The second-order valence-corrected chi connectivity index (χ2v) is 10.5. The third-order valence-electron chi connectivity index (χ3n) is 8.56. The Labute approximate surface area is 230 Å². The number of pyridine rings is 1. The van der Waals surface area contributed by atoms with Gasteiger partial charge in [0.2, 0.25) is 5.95 Å². The minimum absolute atomic E-state index is 0.0659. The van der Waals surface area contributed by atoms with E-state index in [4.69, 9.17) is 0 Å². The normalized spacial score (nSPS) is 18.5. The molecule has 0 amide bonds. The number of nitrogens with zero attached hydrogens (tertiary/aromatic N) is 5. The average molecular weight is 533 g/mol. The van der Waals surface area contributed by atoms with Gasteiger partial charge in [0, 0.05) is 22.9 Å². The van der Waals surface area contributed by atoms with Crippen molar-refractivity contribution in [1.29, 1.82) is 0 Å². The van der Waals surface area contributed by atoms with Crippen molar-refractivity contribution in [1.82, 2.24) is 19.9 Å². The molecule has 1 aromatic carbocycles. The lowest BCUT2D eigenvalue weighted by atomic mass is 9.76. The van der Waals surface area contributed by atoms with Gasteiger partial charge in [0.25, 0.3) is 0 Å². The van der Waals surface area contributed by atoms with Gasteiger partial charge in [-0.15, -0.1) is 0 Å². The van der Waals surface area contributed by atoms with Gasteiger partial charge in [-0.25, -0.2) is 23.7 Å². The van der Waals surface area contributed by atoms with E-state index in [1.54, 1.807) is 0 Å². The van der Waals surface area contributed by atoms with Crippen molar-refractivity contribution in [3.05, 3.63) is 59.4 Å². The van der Waals surface area contributed by atoms with Crippen molar-refractivity contribution in [2.24, 2.45) is 4.99 Å². The summed E-state index contributed by atoms with van der Waals surface area (Å²) in [5.41, 5.74) is 3.65. The van der Waals surface area contributed by atoms with Crippen molar-refractivity contribution in [2.45, 2.75) is 77.6 Å². The molecule has 1 saturated heterocycles. The van der Waals surface area contributed by atoms with Gasteiger partial charge >= 0.3 is 0 Å². The van der Waals surface area contributed by atoms with E-state index in [2.05, 4.69) is 43.2 Å². The zero-order valence-corrected chi connectivity index (χ0v) is 23.4. The molecule has 2 aliphatic heterocycles. The van der Waals surface area contributed by atoms with Crippen molar-refractivity contribution in [3.63, 3.8) is 0 Å². The second-order valence-electron chi connectivity index (χ2n) is 10.5. The molecular formula is C31H38F2N6. The van der Waals surface area contributed by atoms with E-state index in [9.17, 15) is 4.39 Å². The van der Waals surface area contributed by atoms with Crippen LogP contribution in [0.5, 0.6) is 0 Å². The number of anilines is 2. The van der Waals surface area contributed by atoms with Gasteiger partial charge in [0.05, 0.1) is 6.20 Å². The summed E-state index contributed by atoms with van der Waals surface area (Å²) in [4.78, 5) is 20.1. The summed E-state index contributed by atoms with van der Waals surface area (Å²) >= 11 is 0. The molecule has 206 valence electrons. The van der Waals surface area contributed by atoms with Crippen LogP contribution >= 0.6 is 0 Å². The minimum Gasteiger partial charge on any atom is -0.309 e. The van der Waals surface area contributed by atoms with E-state index in [-0.39, 0.29) is 17.1 Å². The van der Waals surface area contributed by atoms with Crippen molar-refractivity contribution in [2.75, 3.05) is 25.0 Å². The quantitative estimate of drug-likeness (QED) is 0.365. The molecule has 1 N–H and O–H groups in total. The number of fused-ring (bicyclic) bond motifs is 2. The van der Waals surface area contributed by atoms with Gasteiger partial charge in [0.1, 0.15) is 23.0 Å². The smallest absolute Gasteiger partial charge is 0.229 e. The number of rotatable bonds is 5. The first-order valence-electron chi connectivity index (χ1n) is 14.3. The second kappa shape index (κ2) is 11.5. The van der Waals surface area contributed by atoms with Crippen LogP contribution in [0.4, 0.5) is 26.2 Å². The number of benzene rings is 1. The molecular weight excluding hydrogens is 494 g/mol. The molecule has 0 bridgehead atoms. The van der Waals surface area contributed by atoms with Crippen LogP contribution in [0.1, 0.15) is 83.3 Å². The van der Waals surface area contributed by atoms with E-state index in [0.29, 0.717) is 23.0 Å². The lowest BCUT2D eigenvalue weighted by molar-refractivity contribution is 0.222. The van der Waals surface area contributed by atoms with Gasteiger partial charge in [0.15, 0.2) is 5.82 Å². The molecule has 3 aliphatic rings. The molecule has 1 aliphatic carbocycles. The lowest BCUT2D eigenvalue weighted by Gasteiger charge is -2.31. The standard InChI is InChI=1S/C29H32F2N6.C2H6/c1-3-37-12-8-19(9-13-37)20-6-7-25(32-16-20)35-28-33-17-24(31)26(36-28)21-14-22-27(23(30)15-21)34-18(2)29(22)10-4-5-11-29;1-2/h6-7,14-17,19H,3-5,8-13H2,1-2H3,(H,32,33,35,36);1-2H3. The molecule has 0 radical (unpaired) electrons. The van der Waals surface area contributed by atoms with Crippen LogP contribution in [-0.2, 0) is 5.41 Å². The first-order valence-corrected chi connectivity index (χ1v) is 14.3. The SMILES string of the molecule is CC.CCN1CCC(c2ccc(Nc3ncc(F)c(-c4cc(F)c5c(c4)C4(CCCC4)C(C)=N5)n3)nc2)CC1. The first-order chi connectivity index (χ1) is 19.0. The molecule has 6 nitrogen and oxygen atoms in total. The predicted octanol–water partition coefficient (Wildman–Crippen LogP) is 7.70. The van der Waals surface area contributed by atoms with Crippen LogP contribution in [-0.4, -0.2) is 45.2 Å². The van der Waals surface area contributed by atoms with Gasteiger partial charge in [-0.2, -0.15) is 0 Å². The summed E-state index contributed by atoms with van der Waals surface area (Å²) in [6.07, 6.45) is 9.34. The average Bonchev–Trinajstić information content (AvgIpc) is 3.58. The summed E-state index contributed by atoms with van der Waals surface area (Å²) in [5.74, 6) is 0.287. The number of aromatic nitrogens is 3. The van der Waals surface area contributed by atoms with E-state index < -0.39 is 11.6 Å². The molecule has 2 fully saturated rings. The van der Waals surface area contributed by atoms with Gasteiger partial charge in [-0.3, -0.25) is 4.99 Å². The van der Waals surface area contributed by atoms with E-state index in [0.717, 1.165) is 75.6 Å². The summed E-state index contributed by atoms with van der Waals surface area (Å²) < 4.78 is 30.1. The highest BCUT2D eigenvalue weighted by Crippen LogP contribution is 2.52. The van der Waals surface area contributed by atoms with Crippen LogP contribution in [0, 0.1) is 11.6 Å². The number of nitrogens with one attached hydrogen (secondary N) is 1. The zero-order chi connectivity index (χ0) is 27.6. The molecule has 39 heavy (non-hydrogen) atoms. The third-order valence-corrected chi connectivity index (χ3v) is 8.56. The summed E-state index contributed by atoms with van der Waals surface area (Å²) in [5, 5.41) is 3.09. The predicted molar refractivity (Wildman–Crippen MR) is 153 cm³/mol. The molecule has 1 spiro atoms. The van der Waals surface area contributed by atoms with Crippen molar-refractivity contribution < 1.29 is 8.78 Å². The fourth-order valence-corrected chi connectivity index (χ4v) is 6.34. The number of hydrogen-bond acceptors (Lipinski definition) is 6. The van der Waals surface area contributed by atoms with E-state index >= 15 is 4.39 Å². The van der Waals surface area contributed by atoms with Crippen LogP contribution < -0.4 is 5.32 Å². The largest absolute Gasteiger partial charge is 0.309 e. The Morgan fingerprint density at radius 3 is 2.41 bits per heavy atom. The Hall–Kier alpha value is -3.26. The number of piperidine rings is 1. The Morgan fingerprint density at radius 2 is 1.74 bits per heavy atom. The number of likely N-dealkylation sites (tertiary alicyclic amines) is 1. The molecule has 6 rings (SSSR count). The topological polar surface area (TPSA) is 66.3 Å². The van der Waals surface area contributed by atoms with Gasteiger partial charge in [-0.1, -0.05) is 39.7 Å². The molecule has 4 heterocycles. The van der Waals surface area contributed by atoms with Crippen LogP contribution in [0.3, 0.4) is 0 Å². The van der Waals surface area contributed by atoms with Crippen molar-refractivity contribution >= 4 is 23.2 Å². The molecule has 8 heteroatoms. The van der Waals surface area contributed by atoms with Crippen LogP contribution in [0.25, 0.3) is 11.3 Å². The minimum atomic E-state index is -0.595. The molecule has 2 aromatic heterocycles. The van der Waals surface area contributed by atoms with Gasteiger partial charge < -0.3 is 10.2 Å². The summed E-state index contributed by atoms with van der Waals surface area (Å²) in [6, 6.07) is 7.20. The zero-order valence-electron chi connectivity index (χ0n) is 23.4. The number of aliphatic imine (C=N–C) groups is 1. The Bertz CT molecular complexity index is 1340. The van der Waals surface area contributed by atoms with Crippen molar-refractivity contribution in [3.8, 4) is 11.3 Å². The first kappa shape index (κ1) is 27.3. The molecule has 0 unspecified atom stereocenters. The van der Waals surface area contributed by atoms with Gasteiger partial charge in [-0.05, 0) is 87.5 Å². The maximum absolute atomic E-state index is 15.2. The Morgan fingerprint density at radius 1 is 1.00 bits per heavy atom. The summed E-state index contributed by atoms with van der Waals surface area (Å²) in [6.45, 7) is 11.5. The Balaban J connectivity index is 0.00000151. The highest BCUT2D eigenvalue weighted by Gasteiger charge is 2.44. The molecule has 0 atom stereocenters. The lowest BCUT2D eigenvalue weighted by Crippen LogP contribution is -2.32. The highest BCUT2D eigenvalue weighted by atomic mass is 19.1. The molecule has 1 saturated carbocycles. The number of hydrogen-bond donors (Lipinski definition) is 1. The molecule has 3 aromatic rings. The van der Waals surface area contributed by atoms with E-state index in [1.807, 2.05) is 39.1 Å². The third kappa shape index (κ3) is 5.19. The van der Waals surface area contributed by atoms with Crippen LogP contribution in [0.15, 0.2) is 41.7 Å².